The van der Waals surface area contributed by atoms with Crippen molar-refractivity contribution in [3.63, 3.8) is 0 Å². The van der Waals surface area contributed by atoms with Gasteiger partial charge in [-0.2, -0.15) is 4.98 Å². The van der Waals surface area contributed by atoms with Crippen molar-refractivity contribution in [2.24, 2.45) is 0 Å². The molecule has 0 amide bonds. The fraction of sp³-hybridized carbons (Fsp3) is 0.150. The van der Waals surface area contributed by atoms with Crippen LogP contribution in [0.5, 0.6) is 5.88 Å². The second-order valence-electron chi connectivity index (χ2n) is 6.63. The van der Waals surface area contributed by atoms with Crippen molar-refractivity contribution in [3.05, 3.63) is 60.4 Å². The number of benzene rings is 1. The number of anilines is 1. The molecule has 0 aliphatic carbocycles. The van der Waals surface area contributed by atoms with Crippen molar-refractivity contribution < 1.29 is 17.6 Å². The Labute approximate surface area is 166 Å². The van der Waals surface area contributed by atoms with E-state index >= 15 is 0 Å². The van der Waals surface area contributed by atoms with Crippen LogP contribution in [0.1, 0.15) is 5.56 Å². The van der Waals surface area contributed by atoms with Crippen LogP contribution in [0.3, 0.4) is 0 Å². The van der Waals surface area contributed by atoms with E-state index in [1.807, 2.05) is 6.92 Å². The van der Waals surface area contributed by atoms with E-state index in [9.17, 15) is 8.42 Å². The van der Waals surface area contributed by atoms with Gasteiger partial charge in [0.1, 0.15) is 12.3 Å². The third kappa shape index (κ3) is 2.99. The maximum absolute atomic E-state index is 13.2. The van der Waals surface area contributed by atoms with Gasteiger partial charge in [0.15, 0.2) is 11.2 Å². The lowest BCUT2D eigenvalue weighted by Crippen LogP contribution is -2.38. The summed E-state index contributed by atoms with van der Waals surface area (Å²) in [7, 11) is -3.77. The summed E-state index contributed by atoms with van der Waals surface area (Å²) in [6.45, 7) is 2.31. The molecule has 0 spiro atoms. The Morgan fingerprint density at radius 2 is 1.93 bits per heavy atom. The second-order valence-corrected chi connectivity index (χ2v) is 8.49. The molecule has 1 aliphatic rings. The van der Waals surface area contributed by atoms with Gasteiger partial charge in [-0.25, -0.2) is 18.4 Å². The van der Waals surface area contributed by atoms with Crippen LogP contribution in [-0.2, 0) is 10.0 Å². The molecule has 5 rings (SSSR count). The summed E-state index contributed by atoms with van der Waals surface area (Å²) in [5.74, 6) is 0.567. The molecule has 1 aliphatic heterocycles. The molecule has 0 atom stereocenters. The molecule has 3 aromatic heterocycles. The molecule has 4 aromatic rings. The molecule has 0 N–H and O–H groups in total. The van der Waals surface area contributed by atoms with Gasteiger partial charge in [-0.15, -0.1) is 0 Å². The topological polar surface area (TPSA) is 98.4 Å². The van der Waals surface area contributed by atoms with Crippen LogP contribution in [-0.4, -0.2) is 36.5 Å². The molecule has 146 valence electrons. The fourth-order valence-electron chi connectivity index (χ4n) is 3.17. The predicted molar refractivity (Wildman–Crippen MR) is 106 cm³/mol. The number of rotatable bonds is 3. The SMILES string of the molecule is Cc1ccc(S(=O)(=O)N2CCOc3ncc(-c4nc5ncccc5o4)cc32)cc1. The highest BCUT2D eigenvalue weighted by atomic mass is 32.2. The Hall–Kier alpha value is -3.46. The number of sulfonamides is 1. The number of aromatic nitrogens is 3. The van der Waals surface area contributed by atoms with E-state index in [0.717, 1.165) is 5.56 Å². The zero-order valence-electron chi connectivity index (χ0n) is 15.4. The van der Waals surface area contributed by atoms with E-state index in [1.165, 1.54) is 4.31 Å². The number of ether oxygens (including phenoxy) is 1. The maximum atomic E-state index is 13.2. The molecular weight excluding hydrogens is 392 g/mol. The van der Waals surface area contributed by atoms with Crippen LogP contribution in [0.25, 0.3) is 22.7 Å². The minimum absolute atomic E-state index is 0.184. The summed E-state index contributed by atoms with van der Waals surface area (Å²) in [6.07, 6.45) is 3.18. The summed E-state index contributed by atoms with van der Waals surface area (Å²) in [6, 6.07) is 11.9. The van der Waals surface area contributed by atoms with Gasteiger partial charge in [0, 0.05) is 12.4 Å². The van der Waals surface area contributed by atoms with Crippen LogP contribution in [0.15, 0.2) is 64.2 Å². The number of hydrogen-bond acceptors (Lipinski definition) is 7. The van der Waals surface area contributed by atoms with Gasteiger partial charge in [0.05, 0.1) is 17.0 Å². The minimum atomic E-state index is -3.77. The number of oxazole rings is 1. The number of pyridine rings is 2. The van der Waals surface area contributed by atoms with Crippen molar-refractivity contribution >= 4 is 26.9 Å². The largest absolute Gasteiger partial charge is 0.474 e. The van der Waals surface area contributed by atoms with E-state index in [1.54, 1.807) is 54.9 Å². The highest BCUT2D eigenvalue weighted by Crippen LogP contribution is 2.37. The number of fused-ring (bicyclic) bond motifs is 2. The summed E-state index contributed by atoms with van der Waals surface area (Å²) in [4.78, 5) is 13.0. The lowest BCUT2D eigenvalue weighted by Gasteiger charge is -2.29. The van der Waals surface area contributed by atoms with Crippen LogP contribution in [0, 0.1) is 6.92 Å². The minimum Gasteiger partial charge on any atom is -0.474 e. The van der Waals surface area contributed by atoms with Crippen molar-refractivity contribution in [3.8, 4) is 17.3 Å². The highest BCUT2D eigenvalue weighted by Gasteiger charge is 2.31. The fourth-order valence-corrected chi connectivity index (χ4v) is 4.61. The first kappa shape index (κ1) is 17.6. The molecule has 0 saturated carbocycles. The van der Waals surface area contributed by atoms with Crippen molar-refractivity contribution in [1.29, 1.82) is 0 Å². The van der Waals surface area contributed by atoms with Gasteiger partial charge in [0.25, 0.3) is 10.0 Å². The van der Waals surface area contributed by atoms with Crippen molar-refractivity contribution in [2.75, 3.05) is 17.5 Å². The summed E-state index contributed by atoms with van der Waals surface area (Å²) in [5.41, 5.74) is 2.89. The average Bonchev–Trinajstić information content (AvgIpc) is 3.17. The Balaban J connectivity index is 1.60. The smallest absolute Gasteiger partial charge is 0.264 e. The van der Waals surface area contributed by atoms with Crippen LogP contribution >= 0.6 is 0 Å². The highest BCUT2D eigenvalue weighted by molar-refractivity contribution is 7.92. The van der Waals surface area contributed by atoms with Crippen molar-refractivity contribution in [1.82, 2.24) is 15.0 Å². The molecule has 9 heteroatoms. The number of nitrogens with zero attached hydrogens (tertiary/aromatic N) is 4. The Morgan fingerprint density at radius 3 is 2.72 bits per heavy atom. The van der Waals surface area contributed by atoms with E-state index < -0.39 is 10.0 Å². The van der Waals surface area contributed by atoms with Gasteiger partial charge >= 0.3 is 0 Å². The number of hydrogen-bond donors (Lipinski definition) is 0. The van der Waals surface area contributed by atoms with Crippen LogP contribution in [0.4, 0.5) is 5.69 Å². The second kappa shape index (κ2) is 6.56. The molecule has 8 nitrogen and oxygen atoms in total. The van der Waals surface area contributed by atoms with E-state index in [2.05, 4.69) is 15.0 Å². The van der Waals surface area contributed by atoms with Gasteiger partial charge in [0.2, 0.25) is 11.8 Å². The standard InChI is InChI=1S/C20H16N4O4S/c1-13-4-6-15(7-5-13)29(25,26)24-9-10-27-20-16(24)11-14(12-22-20)19-23-18-17(28-19)3-2-8-21-18/h2-8,11-12H,9-10H2,1H3. The van der Waals surface area contributed by atoms with Crippen molar-refractivity contribution in [2.45, 2.75) is 11.8 Å². The van der Waals surface area contributed by atoms with Crippen LogP contribution < -0.4 is 9.04 Å². The molecule has 29 heavy (non-hydrogen) atoms. The molecule has 0 radical (unpaired) electrons. The summed E-state index contributed by atoms with van der Waals surface area (Å²) in [5, 5.41) is 0. The van der Waals surface area contributed by atoms with Gasteiger partial charge < -0.3 is 9.15 Å². The monoisotopic (exact) mass is 408 g/mol. The first-order chi connectivity index (χ1) is 14.0. The van der Waals surface area contributed by atoms with Crippen LogP contribution in [0.2, 0.25) is 0 Å². The molecule has 1 aromatic carbocycles. The average molecular weight is 408 g/mol. The zero-order chi connectivity index (χ0) is 20.0. The molecule has 4 heterocycles. The van der Waals surface area contributed by atoms with E-state index in [4.69, 9.17) is 9.15 Å². The first-order valence-corrected chi connectivity index (χ1v) is 10.4. The van der Waals surface area contributed by atoms with E-state index in [-0.39, 0.29) is 23.9 Å². The Bertz CT molecular complexity index is 1280. The van der Waals surface area contributed by atoms with Gasteiger partial charge in [-0.05, 0) is 37.3 Å². The summed E-state index contributed by atoms with van der Waals surface area (Å²) >= 11 is 0. The molecule has 0 saturated heterocycles. The maximum Gasteiger partial charge on any atom is 0.264 e. The van der Waals surface area contributed by atoms with Gasteiger partial charge in [-0.3, -0.25) is 4.31 Å². The molecule has 0 fully saturated rings. The lowest BCUT2D eigenvalue weighted by molar-refractivity contribution is 0.303. The zero-order valence-corrected chi connectivity index (χ0v) is 16.3. The first-order valence-electron chi connectivity index (χ1n) is 8.96. The Morgan fingerprint density at radius 1 is 1.10 bits per heavy atom. The predicted octanol–water partition coefficient (Wildman–Crippen LogP) is 3.18. The molecular formula is C20H16N4O4S. The van der Waals surface area contributed by atoms with E-state index in [0.29, 0.717) is 28.4 Å². The molecule has 0 bridgehead atoms. The van der Waals surface area contributed by atoms with Gasteiger partial charge in [-0.1, -0.05) is 17.7 Å². The third-order valence-corrected chi connectivity index (χ3v) is 6.48. The Kier molecular flexibility index (Phi) is 3.99. The normalized spacial score (nSPS) is 13.9. The lowest BCUT2D eigenvalue weighted by atomic mass is 10.2. The quantitative estimate of drug-likeness (QED) is 0.513. The third-order valence-electron chi connectivity index (χ3n) is 4.65. The number of aryl methyl sites for hydroxylation is 1. The summed E-state index contributed by atoms with van der Waals surface area (Å²) < 4.78 is 39.1. The molecule has 0 unspecified atom stereocenters.